The van der Waals surface area contributed by atoms with Crippen LogP contribution in [0.25, 0.3) is 10.9 Å². The zero-order valence-corrected chi connectivity index (χ0v) is 16.1. The van der Waals surface area contributed by atoms with Crippen LogP contribution >= 0.6 is 0 Å². The first kappa shape index (κ1) is 18.3. The summed E-state index contributed by atoms with van der Waals surface area (Å²) in [5, 5.41) is 0.458. The van der Waals surface area contributed by atoms with E-state index in [4.69, 9.17) is 0 Å². The van der Waals surface area contributed by atoms with Crippen LogP contribution in [0.4, 0.5) is 4.39 Å². The third-order valence-electron chi connectivity index (χ3n) is 5.29. The monoisotopic (exact) mass is 379 g/mol. The van der Waals surface area contributed by atoms with E-state index in [1.54, 1.807) is 31.2 Å². The number of aromatic nitrogens is 2. The van der Waals surface area contributed by atoms with Crippen LogP contribution in [0.15, 0.2) is 47.3 Å². The van der Waals surface area contributed by atoms with Gasteiger partial charge in [0.1, 0.15) is 11.6 Å². The normalized spacial score (nSPS) is 18.5. The molecule has 5 nitrogen and oxygen atoms in total. The molecule has 0 bridgehead atoms. The fraction of sp³-hybridized carbons (Fsp3) is 0.318. The van der Waals surface area contributed by atoms with Crippen molar-refractivity contribution < 1.29 is 9.18 Å². The van der Waals surface area contributed by atoms with Crippen LogP contribution < -0.4 is 11.0 Å². The molecule has 1 aliphatic rings. The summed E-state index contributed by atoms with van der Waals surface area (Å²) in [7, 11) is 0. The van der Waals surface area contributed by atoms with Gasteiger partial charge in [0, 0.05) is 11.8 Å². The average Bonchev–Trinajstić information content (AvgIpc) is 3.47. The van der Waals surface area contributed by atoms with Crippen molar-refractivity contribution >= 4 is 16.8 Å². The van der Waals surface area contributed by atoms with Gasteiger partial charge in [0.05, 0.1) is 10.9 Å². The molecule has 0 radical (unpaired) electrons. The Morgan fingerprint density at radius 2 is 2.00 bits per heavy atom. The lowest BCUT2D eigenvalue weighted by Crippen LogP contribution is -2.37. The summed E-state index contributed by atoms with van der Waals surface area (Å²) in [6.45, 7) is 5.56. The van der Waals surface area contributed by atoms with E-state index < -0.39 is 0 Å². The number of hydrogen-bond donors (Lipinski definition) is 1. The highest BCUT2D eigenvalue weighted by Gasteiger charge is 2.44. The second-order valence-corrected chi connectivity index (χ2v) is 7.72. The van der Waals surface area contributed by atoms with Crippen LogP contribution in [0.2, 0.25) is 0 Å². The first-order chi connectivity index (χ1) is 13.4. The van der Waals surface area contributed by atoms with Crippen molar-refractivity contribution in [1.82, 2.24) is 9.66 Å². The number of fused-ring (bicyclic) bond motifs is 1. The highest BCUT2D eigenvalue weighted by molar-refractivity contribution is 5.90. The zero-order chi connectivity index (χ0) is 20.0. The molecule has 1 amide bonds. The summed E-state index contributed by atoms with van der Waals surface area (Å²) in [4.78, 5) is 30.3. The van der Waals surface area contributed by atoms with Crippen molar-refractivity contribution in [3.8, 4) is 0 Å². The van der Waals surface area contributed by atoms with Gasteiger partial charge in [0.15, 0.2) is 0 Å². The molecule has 1 heterocycles. The number of rotatable bonds is 4. The number of aryl methyl sites for hydroxylation is 1. The Labute approximate surface area is 162 Å². The van der Waals surface area contributed by atoms with Gasteiger partial charge in [-0.25, -0.2) is 14.1 Å². The second kappa shape index (κ2) is 6.86. The van der Waals surface area contributed by atoms with Gasteiger partial charge in [-0.2, -0.15) is 0 Å². The molecule has 4 rings (SSSR count). The number of amides is 1. The minimum Gasteiger partial charge on any atom is -0.273 e. The molecule has 0 saturated heterocycles. The van der Waals surface area contributed by atoms with Crippen molar-refractivity contribution in [3.63, 3.8) is 0 Å². The maximum Gasteiger partial charge on any atom is 0.280 e. The van der Waals surface area contributed by atoms with Crippen LogP contribution in [-0.2, 0) is 4.79 Å². The Kier molecular flexibility index (Phi) is 4.49. The summed E-state index contributed by atoms with van der Waals surface area (Å²) in [6.07, 6.45) is 0.640. The predicted molar refractivity (Wildman–Crippen MR) is 106 cm³/mol. The highest BCUT2D eigenvalue weighted by Crippen LogP contribution is 2.47. The van der Waals surface area contributed by atoms with E-state index in [0.717, 1.165) is 5.56 Å². The lowest BCUT2D eigenvalue weighted by atomic mass is 10.1. The molecule has 1 saturated carbocycles. The van der Waals surface area contributed by atoms with E-state index in [-0.39, 0.29) is 35.0 Å². The third-order valence-corrected chi connectivity index (χ3v) is 5.29. The van der Waals surface area contributed by atoms with E-state index >= 15 is 0 Å². The van der Waals surface area contributed by atoms with Crippen molar-refractivity contribution in [2.24, 2.45) is 5.92 Å². The van der Waals surface area contributed by atoms with E-state index in [1.165, 1.54) is 10.7 Å². The highest BCUT2D eigenvalue weighted by atomic mass is 19.1. The Hall–Kier alpha value is -3.02. The smallest absolute Gasteiger partial charge is 0.273 e. The Bertz CT molecular complexity index is 1140. The van der Waals surface area contributed by atoms with Crippen LogP contribution in [-0.4, -0.2) is 15.6 Å². The molecule has 0 spiro atoms. The Morgan fingerprint density at radius 3 is 2.71 bits per heavy atom. The van der Waals surface area contributed by atoms with Crippen molar-refractivity contribution in [1.29, 1.82) is 0 Å². The van der Waals surface area contributed by atoms with Crippen LogP contribution in [0, 0.1) is 18.7 Å². The van der Waals surface area contributed by atoms with E-state index in [2.05, 4.69) is 10.4 Å². The predicted octanol–water partition coefficient (Wildman–Crippen LogP) is 3.84. The van der Waals surface area contributed by atoms with E-state index in [0.29, 0.717) is 28.7 Å². The molecule has 1 fully saturated rings. The van der Waals surface area contributed by atoms with Crippen molar-refractivity contribution in [2.45, 2.75) is 39.0 Å². The minimum absolute atomic E-state index is 0.0262. The van der Waals surface area contributed by atoms with Gasteiger partial charge in [0.25, 0.3) is 5.56 Å². The SMILES string of the molecule is Cc1ccc(C2CC2C(=O)Nn2c(C(C)C)nc3ccccc3c2=O)cc1F. The van der Waals surface area contributed by atoms with Gasteiger partial charge < -0.3 is 0 Å². The summed E-state index contributed by atoms with van der Waals surface area (Å²) < 4.78 is 15.1. The van der Waals surface area contributed by atoms with Crippen LogP contribution in [0.5, 0.6) is 0 Å². The molecule has 2 unspecified atom stereocenters. The Balaban J connectivity index is 1.62. The number of carbonyl (C=O) groups is 1. The molecule has 3 aromatic rings. The van der Waals surface area contributed by atoms with Gasteiger partial charge in [-0.05, 0) is 48.6 Å². The molecule has 2 aromatic carbocycles. The summed E-state index contributed by atoms with van der Waals surface area (Å²) in [5.74, 6) is -0.343. The van der Waals surface area contributed by atoms with Gasteiger partial charge in [-0.15, -0.1) is 0 Å². The minimum atomic E-state index is -0.291. The molecule has 28 heavy (non-hydrogen) atoms. The fourth-order valence-corrected chi connectivity index (χ4v) is 3.53. The lowest BCUT2D eigenvalue weighted by Gasteiger charge is -2.16. The molecule has 6 heteroatoms. The van der Waals surface area contributed by atoms with Crippen molar-refractivity contribution in [3.05, 3.63) is 75.6 Å². The maximum atomic E-state index is 13.8. The molecule has 2 atom stereocenters. The van der Waals surface area contributed by atoms with E-state index in [1.807, 2.05) is 26.0 Å². The molecule has 1 N–H and O–H groups in total. The second-order valence-electron chi connectivity index (χ2n) is 7.72. The van der Waals surface area contributed by atoms with Gasteiger partial charge in [0.2, 0.25) is 5.91 Å². The first-order valence-corrected chi connectivity index (χ1v) is 9.45. The van der Waals surface area contributed by atoms with Gasteiger partial charge >= 0.3 is 0 Å². The summed E-state index contributed by atoms with van der Waals surface area (Å²) in [5.41, 5.74) is 4.47. The van der Waals surface area contributed by atoms with Crippen molar-refractivity contribution in [2.75, 3.05) is 5.43 Å². The number of carbonyl (C=O) groups excluding carboxylic acids is 1. The zero-order valence-electron chi connectivity index (χ0n) is 16.1. The fourth-order valence-electron chi connectivity index (χ4n) is 3.53. The van der Waals surface area contributed by atoms with Crippen LogP contribution in [0.3, 0.4) is 0 Å². The standard InChI is InChI=1S/C22H22FN3O2/c1-12(2)20-24-19-7-5-4-6-15(19)22(28)26(20)25-21(27)17-11-16(17)14-9-8-13(3)18(23)10-14/h4-10,12,16-17H,11H2,1-3H3,(H,25,27). The third kappa shape index (κ3) is 3.19. The average molecular weight is 379 g/mol. The number of benzene rings is 2. The van der Waals surface area contributed by atoms with Crippen LogP contribution in [0.1, 0.15) is 49.1 Å². The van der Waals surface area contributed by atoms with Gasteiger partial charge in [-0.1, -0.05) is 38.1 Å². The maximum absolute atomic E-state index is 13.8. The molecule has 1 aromatic heterocycles. The molecule has 1 aliphatic carbocycles. The number of para-hydroxylation sites is 1. The number of hydrogen-bond acceptors (Lipinski definition) is 3. The quantitative estimate of drug-likeness (QED) is 0.749. The van der Waals surface area contributed by atoms with Gasteiger partial charge in [-0.3, -0.25) is 15.0 Å². The number of halogens is 1. The topological polar surface area (TPSA) is 64.0 Å². The molecule has 144 valence electrons. The number of nitrogens with one attached hydrogen (secondary N) is 1. The Morgan fingerprint density at radius 1 is 1.25 bits per heavy atom. The summed E-state index contributed by atoms with van der Waals surface area (Å²) >= 11 is 0. The molecule has 0 aliphatic heterocycles. The lowest BCUT2D eigenvalue weighted by molar-refractivity contribution is -0.118. The van der Waals surface area contributed by atoms with E-state index in [9.17, 15) is 14.0 Å². The first-order valence-electron chi connectivity index (χ1n) is 9.45. The number of nitrogens with zero attached hydrogens (tertiary/aromatic N) is 2. The molecular formula is C22H22FN3O2. The molecular weight excluding hydrogens is 357 g/mol. The summed E-state index contributed by atoms with van der Waals surface area (Å²) in [6, 6.07) is 12.2. The largest absolute Gasteiger partial charge is 0.280 e.